The van der Waals surface area contributed by atoms with Crippen molar-refractivity contribution >= 4 is 0 Å². The molecule has 2 rings (SSSR count). The normalized spacial score (nSPS) is 25.8. The van der Waals surface area contributed by atoms with Crippen molar-refractivity contribution in [3.05, 3.63) is 0 Å². The molecule has 0 aromatic carbocycles. The minimum absolute atomic E-state index is 0.370. The molecule has 88 valence electrons. The van der Waals surface area contributed by atoms with Crippen LogP contribution in [0, 0.1) is 5.41 Å². The Morgan fingerprint density at radius 2 is 2.20 bits per heavy atom. The largest absolute Gasteiger partial charge is 0.377 e. The molecule has 3 nitrogen and oxygen atoms in total. The predicted octanol–water partition coefficient (Wildman–Crippen LogP) is 1.10. The highest BCUT2D eigenvalue weighted by molar-refractivity contribution is 4.96. The molecular formula is C12H24N2O. The smallest absolute Gasteiger partial charge is 0.0596 e. The number of nitrogens with zero attached hydrogens (tertiary/aromatic N) is 1. The molecule has 0 aliphatic carbocycles. The van der Waals surface area contributed by atoms with E-state index in [4.69, 9.17) is 4.74 Å². The van der Waals surface area contributed by atoms with Crippen LogP contribution in [-0.4, -0.2) is 50.3 Å². The van der Waals surface area contributed by atoms with Gasteiger partial charge in [0, 0.05) is 31.6 Å². The van der Waals surface area contributed by atoms with Gasteiger partial charge >= 0.3 is 0 Å². The van der Waals surface area contributed by atoms with Gasteiger partial charge in [-0.25, -0.2) is 0 Å². The highest BCUT2D eigenvalue weighted by Gasteiger charge is 2.40. The average Bonchev–Trinajstić information content (AvgIpc) is 2.15. The van der Waals surface area contributed by atoms with E-state index in [-0.39, 0.29) is 0 Å². The lowest BCUT2D eigenvalue weighted by Gasteiger charge is -2.49. The van der Waals surface area contributed by atoms with Crippen molar-refractivity contribution in [1.29, 1.82) is 0 Å². The molecule has 0 amide bonds. The maximum atomic E-state index is 5.61. The third kappa shape index (κ3) is 2.92. The molecule has 2 saturated heterocycles. The lowest BCUT2D eigenvalue weighted by molar-refractivity contribution is 0.0100. The number of likely N-dealkylation sites (tertiary alicyclic amines) is 1. The highest BCUT2D eigenvalue weighted by atomic mass is 16.5. The molecule has 2 fully saturated rings. The van der Waals surface area contributed by atoms with Gasteiger partial charge in [0.2, 0.25) is 0 Å². The summed E-state index contributed by atoms with van der Waals surface area (Å²) in [5.41, 5.74) is 0.621. The van der Waals surface area contributed by atoms with Gasteiger partial charge < -0.3 is 15.0 Å². The molecule has 2 aliphatic rings. The zero-order valence-corrected chi connectivity index (χ0v) is 10.1. The molecule has 3 heteroatoms. The molecule has 1 N–H and O–H groups in total. The van der Waals surface area contributed by atoms with Crippen LogP contribution >= 0.6 is 0 Å². The van der Waals surface area contributed by atoms with Gasteiger partial charge in [-0.15, -0.1) is 0 Å². The van der Waals surface area contributed by atoms with Crippen LogP contribution in [0.4, 0.5) is 0 Å². The minimum atomic E-state index is 0.370. The highest BCUT2D eigenvalue weighted by Crippen LogP contribution is 2.33. The predicted molar refractivity (Wildman–Crippen MR) is 62.1 cm³/mol. The van der Waals surface area contributed by atoms with E-state index in [0.717, 1.165) is 13.2 Å². The number of ether oxygens (including phenoxy) is 1. The quantitative estimate of drug-likeness (QED) is 0.755. The first kappa shape index (κ1) is 11.4. The molecule has 2 heterocycles. The molecule has 0 aromatic rings. The second kappa shape index (κ2) is 4.81. The van der Waals surface area contributed by atoms with E-state index >= 15 is 0 Å². The van der Waals surface area contributed by atoms with Crippen LogP contribution in [0.25, 0.3) is 0 Å². The monoisotopic (exact) mass is 212 g/mol. The number of piperidine rings is 1. The first-order chi connectivity index (χ1) is 7.20. The third-order valence-electron chi connectivity index (χ3n) is 3.60. The number of nitrogens with one attached hydrogen (secondary N) is 1. The molecule has 15 heavy (non-hydrogen) atoms. The van der Waals surface area contributed by atoms with Gasteiger partial charge in [0.25, 0.3) is 0 Å². The van der Waals surface area contributed by atoms with E-state index in [1.165, 1.54) is 39.0 Å². The zero-order chi connectivity index (χ0) is 10.7. The van der Waals surface area contributed by atoms with E-state index in [1.54, 1.807) is 0 Å². The van der Waals surface area contributed by atoms with Crippen molar-refractivity contribution in [2.45, 2.75) is 32.8 Å². The molecule has 0 aromatic heterocycles. The van der Waals surface area contributed by atoms with E-state index in [2.05, 4.69) is 24.1 Å². The topological polar surface area (TPSA) is 24.5 Å². The molecule has 0 atom stereocenters. The van der Waals surface area contributed by atoms with Crippen LogP contribution in [0.3, 0.4) is 0 Å². The lowest BCUT2D eigenvalue weighted by Crippen LogP contribution is -2.61. The molecule has 1 spiro atoms. The summed E-state index contributed by atoms with van der Waals surface area (Å²) in [4.78, 5) is 2.58. The summed E-state index contributed by atoms with van der Waals surface area (Å²) in [7, 11) is 0. The summed E-state index contributed by atoms with van der Waals surface area (Å²) in [6.07, 6.45) is 3.15. The maximum Gasteiger partial charge on any atom is 0.0596 e. The van der Waals surface area contributed by atoms with Gasteiger partial charge in [0.05, 0.1) is 12.7 Å². The summed E-state index contributed by atoms with van der Waals surface area (Å²) < 4.78 is 5.61. The summed E-state index contributed by atoms with van der Waals surface area (Å²) in [6.45, 7) is 11.2. The Hall–Kier alpha value is -0.120. The fourth-order valence-corrected chi connectivity index (χ4v) is 2.69. The number of hydrogen-bond acceptors (Lipinski definition) is 3. The van der Waals surface area contributed by atoms with Crippen molar-refractivity contribution in [2.75, 3.05) is 39.3 Å². The fraction of sp³-hybridized carbons (Fsp3) is 1.00. The van der Waals surface area contributed by atoms with Crippen LogP contribution < -0.4 is 5.32 Å². The molecule has 0 bridgehead atoms. The van der Waals surface area contributed by atoms with Crippen LogP contribution in [-0.2, 0) is 4.74 Å². The van der Waals surface area contributed by atoms with Gasteiger partial charge in [-0.05, 0) is 33.2 Å². The summed E-state index contributed by atoms with van der Waals surface area (Å²) >= 11 is 0. The van der Waals surface area contributed by atoms with Crippen LogP contribution in [0.5, 0.6) is 0 Å². The Balaban J connectivity index is 1.69. The van der Waals surface area contributed by atoms with Crippen molar-refractivity contribution in [1.82, 2.24) is 10.2 Å². The molecule has 0 radical (unpaired) electrons. The van der Waals surface area contributed by atoms with Crippen LogP contribution in [0.15, 0.2) is 0 Å². The first-order valence-corrected chi connectivity index (χ1v) is 6.25. The molecule has 0 unspecified atom stereocenters. The third-order valence-corrected chi connectivity index (χ3v) is 3.60. The Morgan fingerprint density at radius 3 is 2.80 bits per heavy atom. The van der Waals surface area contributed by atoms with E-state index in [0.29, 0.717) is 11.5 Å². The SMILES string of the molecule is CC(C)OCCN1CCCC2(CNC2)C1. The first-order valence-electron chi connectivity index (χ1n) is 6.25. The van der Waals surface area contributed by atoms with Crippen molar-refractivity contribution < 1.29 is 4.74 Å². The van der Waals surface area contributed by atoms with E-state index in [1.807, 2.05) is 0 Å². The van der Waals surface area contributed by atoms with Gasteiger partial charge in [-0.2, -0.15) is 0 Å². The van der Waals surface area contributed by atoms with Gasteiger partial charge in [-0.3, -0.25) is 0 Å². The number of hydrogen-bond donors (Lipinski definition) is 1. The summed E-state index contributed by atoms with van der Waals surface area (Å²) in [6, 6.07) is 0. The average molecular weight is 212 g/mol. The lowest BCUT2D eigenvalue weighted by atomic mass is 9.75. The molecular weight excluding hydrogens is 188 g/mol. The summed E-state index contributed by atoms with van der Waals surface area (Å²) in [5, 5.41) is 3.41. The standard InChI is InChI=1S/C12H24N2O/c1-11(2)15-7-6-14-5-3-4-12(10-14)8-13-9-12/h11,13H,3-10H2,1-2H3. The van der Waals surface area contributed by atoms with Crippen LogP contribution in [0.1, 0.15) is 26.7 Å². The Labute approximate surface area is 93.2 Å². The van der Waals surface area contributed by atoms with Crippen molar-refractivity contribution in [2.24, 2.45) is 5.41 Å². The zero-order valence-electron chi connectivity index (χ0n) is 10.1. The fourth-order valence-electron chi connectivity index (χ4n) is 2.69. The van der Waals surface area contributed by atoms with Gasteiger partial charge in [0.15, 0.2) is 0 Å². The minimum Gasteiger partial charge on any atom is -0.377 e. The Bertz CT molecular complexity index is 202. The van der Waals surface area contributed by atoms with Crippen LogP contribution in [0.2, 0.25) is 0 Å². The number of rotatable bonds is 4. The Kier molecular flexibility index (Phi) is 3.65. The van der Waals surface area contributed by atoms with Gasteiger partial charge in [0.1, 0.15) is 0 Å². The maximum absolute atomic E-state index is 5.61. The molecule has 0 saturated carbocycles. The van der Waals surface area contributed by atoms with E-state index in [9.17, 15) is 0 Å². The molecule has 2 aliphatic heterocycles. The second-order valence-corrected chi connectivity index (χ2v) is 5.40. The Morgan fingerprint density at radius 1 is 1.40 bits per heavy atom. The van der Waals surface area contributed by atoms with Crippen molar-refractivity contribution in [3.63, 3.8) is 0 Å². The second-order valence-electron chi connectivity index (χ2n) is 5.40. The summed E-state index contributed by atoms with van der Waals surface area (Å²) in [5.74, 6) is 0. The van der Waals surface area contributed by atoms with E-state index < -0.39 is 0 Å². The van der Waals surface area contributed by atoms with Crippen molar-refractivity contribution in [3.8, 4) is 0 Å². The van der Waals surface area contributed by atoms with Gasteiger partial charge in [-0.1, -0.05) is 0 Å².